The minimum Gasteiger partial charge on any atom is -0.443 e. The Labute approximate surface area is 250 Å². The highest BCUT2D eigenvalue weighted by Crippen LogP contribution is 2.53. The van der Waals surface area contributed by atoms with Gasteiger partial charge in [-0.1, -0.05) is 11.6 Å². The van der Waals surface area contributed by atoms with Gasteiger partial charge in [0.05, 0.1) is 22.2 Å². The molecule has 1 unspecified atom stereocenters. The van der Waals surface area contributed by atoms with Gasteiger partial charge in [-0.05, 0) is 72.2 Å². The molecule has 0 aromatic heterocycles. The summed E-state index contributed by atoms with van der Waals surface area (Å²) >= 11 is 18.1. The van der Waals surface area contributed by atoms with Crippen LogP contribution in [0.15, 0.2) is 30.3 Å². The molecule has 0 bridgehead atoms. The predicted octanol–water partition coefficient (Wildman–Crippen LogP) is 7.68. The van der Waals surface area contributed by atoms with Crippen LogP contribution in [-0.2, 0) is 14.3 Å². The number of amides is 4. The molecule has 3 rings (SSSR count). The monoisotopic (exact) mass is 633 g/mol. The van der Waals surface area contributed by atoms with Gasteiger partial charge in [0.25, 0.3) is 5.91 Å². The average molecular weight is 635 g/mol. The molecule has 0 spiro atoms. The van der Waals surface area contributed by atoms with Crippen LogP contribution in [0.2, 0.25) is 5.02 Å². The molecule has 1 aliphatic carbocycles. The number of hydrogen-bond acceptors (Lipinski definition) is 6. The van der Waals surface area contributed by atoms with Crippen LogP contribution in [0.4, 0.5) is 35.4 Å². The molecule has 41 heavy (non-hydrogen) atoms. The third-order valence-electron chi connectivity index (χ3n) is 5.27. The number of carbonyl (C=O) groups is 4. The lowest BCUT2D eigenvalue weighted by molar-refractivity contribution is -0.117. The molecule has 2 N–H and O–H groups in total. The second-order valence-corrected chi connectivity index (χ2v) is 13.2. The highest BCUT2D eigenvalue weighted by atomic mass is 35.5. The average Bonchev–Trinajstić information content (AvgIpc) is 3.42. The second-order valence-electron chi connectivity index (χ2n) is 11.2. The first-order valence-electron chi connectivity index (χ1n) is 12.2. The lowest BCUT2D eigenvalue weighted by Gasteiger charge is -2.29. The summed E-state index contributed by atoms with van der Waals surface area (Å²) in [7, 11) is 0. The van der Waals surface area contributed by atoms with Gasteiger partial charge < -0.3 is 20.1 Å². The number of rotatable bonds is 5. The van der Waals surface area contributed by atoms with Crippen molar-refractivity contribution >= 4 is 75.9 Å². The predicted molar refractivity (Wildman–Crippen MR) is 152 cm³/mol. The van der Waals surface area contributed by atoms with E-state index in [1.807, 2.05) is 0 Å². The summed E-state index contributed by atoms with van der Waals surface area (Å²) in [5.41, 5.74) is -3.74. The van der Waals surface area contributed by atoms with Crippen molar-refractivity contribution in [3.05, 3.63) is 52.6 Å². The zero-order chi connectivity index (χ0) is 31.1. The molecule has 1 fully saturated rings. The summed E-state index contributed by atoms with van der Waals surface area (Å²) < 4.78 is 39.0. The first kappa shape index (κ1) is 32.4. The standard InChI is InChI=1S/C27H28Cl3F2N3O6/c1-25(2,3)40-23(38)35(24(39)41-26(4,5)6)20-18(32)9-13(31)10-19(20)34-21(36)15-11-14(7-8-17(15)28)33-22(37)16-12-27(16,29)30/h7-11,16H,12H2,1-6H3,(H,33,37)(H,34,36). The quantitative estimate of drug-likeness (QED) is 0.326. The van der Waals surface area contributed by atoms with Crippen LogP contribution in [0.1, 0.15) is 58.3 Å². The van der Waals surface area contributed by atoms with Gasteiger partial charge in [0.2, 0.25) is 5.91 Å². The highest BCUT2D eigenvalue weighted by molar-refractivity contribution is 6.52. The van der Waals surface area contributed by atoms with Gasteiger partial charge in [-0.3, -0.25) is 9.59 Å². The van der Waals surface area contributed by atoms with Crippen LogP contribution in [0.3, 0.4) is 0 Å². The maximum absolute atomic E-state index is 15.3. The summed E-state index contributed by atoms with van der Waals surface area (Å²) in [6.07, 6.45) is -2.43. The Morgan fingerprint density at radius 3 is 1.95 bits per heavy atom. The van der Waals surface area contributed by atoms with E-state index in [0.717, 1.165) is 0 Å². The largest absolute Gasteiger partial charge is 0.443 e. The van der Waals surface area contributed by atoms with Gasteiger partial charge in [-0.25, -0.2) is 18.4 Å². The first-order valence-corrected chi connectivity index (χ1v) is 13.4. The molecule has 2 aromatic carbocycles. The Hall–Kier alpha value is -3.15. The van der Waals surface area contributed by atoms with E-state index < -0.39 is 68.5 Å². The van der Waals surface area contributed by atoms with Crippen LogP contribution in [0, 0.1) is 17.6 Å². The zero-order valence-electron chi connectivity index (χ0n) is 23.0. The van der Waals surface area contributed by atoms with Crippen LogP contribution >= 0.6 is 34.8 Å². The van der Waals surface area contributed by atoms with Gasteiger partial charge in [0.1, 0.15) is 27.0 Å². The number of alkyl halides is 2. The molecular weight excluding hydrogens is 607 g/mol. The Kier molecular flexibility index (Phi) is 9.17. The number of halogens is 5. The molecule has 0 radical (unpaired) electrons. The van der Waals surface area contributed by atoms with E-state index in [1.54, 1.807) is 0 Å². The summed E-state index contributed by atoms with van der Waals surface area (Å²) in [6, 6.07) is 5.07. The SMILES string of the molecule is CC(C)(C)OC(=O)N(C(=O)OC(C)(C)C)c1c(F)cc(F)cc1NC(=O)c1cc(NC(=O)C2CC2(Cl)Cl)ccc1Cl. The molecule has 1 aliphatic rings. The van der Waals surface area contributed by atoms with Gasteiger partial charge in [0.15, 0.2) is 5.82 Å². The Bertz CT molecular complexity index is 1380. The third-order valence-corrected chi connectivity index (χ3v) is 6.44. The van der Waals surface area contributed by atoms with Crippen molar-refractivity contribution in [2.24, 2.45) is 5.92 Å². The molecule has 1 atom stereocenters. The van der Waals surface area contributed by atoms with Crippen LogP contribution < -0.4 is 15.5 Å². The fraction of sp³-hybridized carbons (Fsp3) is 0.407. The summed E-state index contributed by atoms with van der Waals surface area (Å²) in [6.45, 7) is 9.08. The minimum atomic E-state index is -1.38. The van der Waals surface area contributed by atoms with Crippen LogP contribution in [0.25, 0.3) is 0 Å². The van der Waals surface area contributed by atoms with Crippen molar-refractivity contribution in [1.82, 2.24) is 0 Å². The maximum Gasteiger partial charge on any atom is 0.424 e. The highest BCUT2D eigenvalue weighted by Gasteiger charge is 2.56. The minimum absolute atomic E-state index is 0.0782. The van der Waals surface area contributed by atoms with Crippen molar-refractivity contribution in [2.45, 2.75) is 63.5 Å². The molecule has 1 saturated carbocycles. The van der Waals surface area contributed by atoms with Crippen molar-refractivity contribution in [2.75, 3.05) is 15.5 Å². The fourth-order valence-electron chi connectivity index (χ4n) is 3.45. The summed E-state index contributed by atoms with van der Waals surface area (Å²) in [5.74, 6) is -4.62. The number of benzene rings is 2. The number of anilines is 3. The van der Waals surface area contributed by atoms with Crippen molar-refractivity contribution in [3.63, 3.8) is 0 Å². The van der Waals surface area contributed by atoms with Crippen molar-refractivity contribution < 1.29 is 37.4 Å². The smallest absolute Gasteiger partial charge is 0.424 e. The Morgan fingerprint density at radius 1 is 0.927 bits per heavy atom. The normalized spacial score (nSPS) is 15.9. The molecule has 9 nitrogen and oxygen atoms in total. The van der Waals surface area contributed by atoms with E-state index in [1.165, 1.54) is 59.7 Å². The van der Waals surface area contributed by atoms with E-state index in [2.05, 4.69) is 10.6 Å². The number of imide groups is 1. The van der Waals surface area contributed by atoms with E-state index in [0.29, 0.717) is 12.1 Å². The summed E-state index contributed by atoms with van der Waals surface area (Å²) in [5, 5.41) is 4.77. The lowest BCUT2D eigenvalue weighted by Crippen LogP contribution is -2.44. The van der Waals surface area contributed by atoms with E-state index >= 15 is 4.39 Å². The van der Waals surface area contributed by atoms with Gasteiger partial charge in [-0.2, -0.15) is 4.90 Å². The molecule has 14 heteroatoms. The molecule has 4 amide bonds. The molecule has 222 valence electrons. The van der Waals surface area contributed by atoms with Crippen molar-refractivity contribution in [3.8, 4) is 0 Å². The molecular formula is C27H28Cl3F2N3O6. The topological polar surface area (TPSA) is 114 Å². The van der Waals surface area contributed by atoms with E-state index in [9.17, 15) is 23.6 Å². The fourth-order valence-corrected chi connectivity index (χ4v) is 4.16. The number of nitrogens with zero attached hydrogens (tertiary/aromatic N) is 1. The zero-order valence-corrected chi connectivity index (χ0v) is 25.2. The first-order chi connectivity index (χ1) is 18.7. The maximum atomic E-state index is 15.3. The van der Waals surface area contributed by atoms with Gasteiger partial charge >= 0.3 is 12.2 Å². The molecule has 0 heterocycles. The van der Waals surface area contributed by atoms with Crippen LogP contribution in [-0.4, -0.2) is 39.5 Å². The van der Waals surface area contributed by atoms with Crippen LogP contribution in [0.5, 0.6) is 0 Å². The number of carbonyl (C=O) groups excluding carboxylic acids is 4. The molecule has 0 saturated heterocycles. The Morgan fingerprint density at radius 2 is 1.46 bits per heavy atom. The third kappa shape index (κ3) is 8.43. The van der Waals surface area contributed by atoms with E-state index in [-0.39, 0.29) is 27.6 Å². The van der Waals surface area contributed by atoms with Gasteiger partial charge in [-0.15, -0.1) is 23.2 Å². The van der Waals surface area contributed by atoms with Crippen molar-refractivity contribution in [1.29, 1.82) is 0 Å². The van der Waals surface area contributed by atoms with Gasteiger partial charge in [0, 0.05) is 11.8 Å². The molecule has 2 aromatic rings. The number of hydrogen-bond donors (Lipinski definition) is 2. The van der Waals surface area contributed by atoms with E-state index in [4.69, 9.17) is 44.3 Å². The summed E-state index contributed by atoms with van der Waals surface area (Å²) in [4.78, 5) is 52.0. The second kappa shape index (κ2) is 11.6. The molecule has 0 aliphatic heterocycles. The lowest BCUT2D eigenvalue weighted by atomic mass is 10.1. The number of nitrogens with one attached hydrogen (secondary N) is 2. The Balaban J connectivity index is 2.01. The number of ether oxygens (including phenoxy) is 2.